The predicted octanol–water partition coefficient (Wildman–Crippen LogP) is 10.4. The van der Waals surface area contributed by atoms with Crippen LogP contribution in [0.4, 0.5) is 17.1 Å². The predicted molar refractivity (Wildman–Crippen MR) is 192 cm³/mol. The number of para-hydroxylation sites is 1. The van der Waals surface area contributed by atoms with Gasteiger partial charge in [-0.05, 0) is 73.3 Å². The van der Waals surface area contributed by atoms with Crippen molar-refractivity contribution in [2.75, 3.05) is 5.01 Å². The summed E-state index contributed by atoms with van der Waals surface area (Å²) in [5.74, 6) is 0. The Hall–Kier alpha value is -4.89. The van der Waals surface area contributed by atoms with E-state index in [1.807, 2.05) is 0 Å². The molecule has 0 radical (unpaired) electrons. The summed E-state index contributed by atoms with van der Waals surface area (Å²) in [6.45, 7) is 14.0. The minimum Gasteiger partial charge on any atom is -0.258 e. The maximum Gasteiger partial charge on any atom is 0.237 e. The third-order valence-corrected chi connectivity index (χ3v) is 10.0. The van der Waals surface area contributed by atoms with Gasteiger partial charge >= 0.3 is 0 Å². The number of rotatable bonds is 1. The molecule has 5 aromatic carbocycles. The Morgan fingerprint density at radius 2 is 1.31 bits per heavy atom. The van der Waals surface area contributed by atoms with Crippen LogP contribution < -0.4 is 9.58 Å². The topological polar surface area (TPSA) is 11.2 Å². The standard InChI is InChI=1S/C42H38N3/c1-41(2,3)31-23-32(42(4,5)6)25-33(24-31)44-36-16-10-15-35-34-14-9-13-26-17-18-43(39(26)34)45(40(35)36)38-22-30-20-28-12-8-7-11-27(28)19-29(30)21-37(38)44/h7-25,40H,1-6H3/q+1. The first-order valence-corrected chi connectivity index (χ1v) is 16.1. The summed E-state index contributed by atoms with van der Waals surface area (Å²) in [7, 11) is 0. The molecular weight excluding hydrogens is 546 g/mol. The molecule has 9 rings (SSSR count). The van der Waals surface area contributed by atoms with Crippen molar-refractivity contribution in [2.24, 2.45) is 0 Å². The minimum absolute atomic E-state index is 0.0155. The van der Waals surface area contributed by atoms with Gasteiger partial charge in [0, 0.05) is 41.4 Å². The van der Waals surface area contributed by atoms with E-state index in [0.29, 0.717) is 0 Å². The Bertz CT molecular complexity index is 2310. The molecule has 0 bridgehead atoms. The highest BCUT2D eigenvalue weighted by Gasteiger charge is 2.47. The van der Waals surface area contributed by atoms with Crippen LogP contribution in [-0.4, -0.2) is 16.4 Å². The van der Waals surface area contributed by atoms with Crippen LogP contribution in [-0.2, 0) is 10.8 Å². The zero-order chi connectivity index (χ0) is 30.8. The van der Waals surface area contributed by atoms with Crippen LogP contribution in [0.5, 0.6) is 0 Å². The summed E-state index contributed by atoms with van der Waals surface area (Å²) in [4.78, 5) is 0. The van der Waals surface area contributed by atoms with E-state index >= 15 is 0 Å². The van der Waals surface area contributed by atoms with Gasteiger partial charge in [-0.25, -0.2) is 0 Å². The largest absolute Gasteiger partial charge is 0.258 e. The third-order valence-electron chi connectivity index (χ3n) is 10.0. The second-order valence-electron chi connectivity index (χ2n) is 15.0. The first kappa shape index (κ1) is 26.5. The van der Waals surface area contributed by atoms with E-state index in [9.17, 15) is 0 Å². The summed E-state index contributed by atoms with van der Waals surface area (Å²) in [5.41, 5.74) is 11.6. The number of fused-ring (bicyclic) bond motifs is 6. The number of benzene rings is 5. The molecule has 0 fully saturated rings. The average molecular weight is 585 g/mol. The minimum atomic E-state index is 0.0155. The van der Waals surface area contributed by atoms with Crippen LogP contribution in [0, 0.1) is 0 Å². The molecule has 0 spiro atoms. The summed E-state index contributed by atoms with van der Waals surface area (Å²) in [6, 6.07) is 34.6. The Morgan fingerprint density at radius 1 is 0.644 bits per heavy atom. The van der Waals surface area contributed by atoms with E-state index in [0.717, 1.165) is 0 Å². The quantitative estimate of drug-likeness (QED) is 0.138. The van der Waals surface area contributed by atoms with Crippen LogP contribution in [0.15, 0.2) is 115 Å². The molecule has 0 saturated carbocycles. The van der Waals surface area contributed by atoms with Gasteiger partial charge in [0.2, 0.25) is 17.1 Å². The second-order valence-corrected chi connectivity index (χ2v) is 15.0. The molecule has 3 nitrogen and oxygen atoms in total. The van der Waals surface area contributed by atoms with E-state index in [2.05, 4.69) is 171 Å². The van der Waals surface area contributed by atoms with E-state index in [4.69, 9.17) is 0 Å². The zero-order valence-electron chi connectivity index (χ0n) is 26.9. The van der Waals surface area contributed by atoms with Crippen molar-refractivity contribution < 1.29 is 0 Å². The summed E-state index contributed by atoms with van der Waals surface area (Å²) >= 11 is 0. The lowest BCUT2D eigenvalue weighted by Gasteiger charge is -2.42. The van der Waals surface area contributed by atoms with Gasteiger partial charge in [0.25, 0.3) is 0 Å². The molecule has 45 heavy (non-hydrogen) atoms. The summed E-state index contributed by atoms with van der Waals surface area (Å²) < 4.78 is 4.97. The molecular formula is C42H38N3+. The van der Waals surface area contributed by atoms with Crippen molar-refractivity contribution in [3.63, 3.8) is 0 Å². The molecule has 2 aliphatic heterocycles. The fourth-order valence-corrected chi connectivity index (χ4v) is 7.62. The molecule has 1 unspecified atom stereocenters. The highest BCUT2D eigenvalue weighted by atomic mass is 15.6. The van der Waals surface area contributed by atoms with Crippen molar-refractivity contribution in [2.45, 2.75) is 58.4 Å². The van der Waals surface area contributed by atoms with Crippen LogP contribution in [0.3, 0.4) is 0 Å². The molecule has 0 saturated heterocycles. The highest BCUT2D eigenvalue weighted by molar-refractivity contribution is 6.20. The van der Waals surface area contributed by atoms with Gasteiger partial charge in [-0.1, -0.05) is 102 Å². The van der Waals surface area contributed by atoms with Gasteiger partial charge in [0.1, 0.15) is 5.69 Å². The van der Waals surface area contributed by atoms with Gasteiger partial charge < -0.3 is 0 Å². The van der Waals surface area contributed by atoms with Gasteiger partial charge in [-0.3, -0.25) is 9.69 Å². The van der Waals surface area contributed by atoms with Gasteiger partial charge in [-0.2, -0.15) is 4.58 Å². The van der Waals surface area contributed by atoms with Gasteiger partial charge in [0.05, 0.1) is 5.52 Å². The van der Waals surface area contributed by atoms with Crippen molar-refractivity contribution in [3.8, 4) is 0 Å². The van der Waals surface area contributed by atoms with Crippen LogP contribution in [0.2, 0.25) is 0 Å². The SMILES string of the molecule is CC(C)(C)c1cc([N+]2=C3C=CC=C4c5cccc6ccn(c56)N(c5cc6cc7ccccc7cc6cc52)C43)cc(C(C)(C)C)c1. The van der Waals surface area contributed by atoms with Gasteiger partial charge in [-0.15, -0.1) is 0 Å². The van der Waals surface area contributed by atoms with E-state index in [1.165, 1.54) is 77.5 Å². The molecule has 1 aromatic heterocycles. The lowest BCUT2D eigenvalue weighted by molar-refractivity contribution is 0.568. The monoisotopic (exact) mass is 584 g/mol. The summed E-state index contributed by atoms with van der Waals surface area (Å²) in [5, 5.41) is 8.86. The number of anilines is 1. The van der Waals surface area contributed by atoms with Crippen molar-refractivity contribution in [3.05, 3.63) is 132 Å². The van der Waals surface area contributed by atoms with E-state index in [-0.39, 0.29) is 16.9 Å². The lowest BCUT2D eigenvalue weighted by atomic mass is 9.80. The number of nitrogens with zero attached hydrogens (tertiary/aromatic N) is 3. The van der Waals surface area contributed by atoms with Crippen molar-refractivity contribution >= 4 is 60.8 Å². The van der Waals surface area contributed by atoms with Crippen LogP contribution in [0.25, 0.3) is 38.0 Å². The molecule has 3 heteroatoms. The van der Waals surface area contributed by atoms with Gasteiger partial charge in [0.15, 0.2) is 6.04 Å². The Morgan fingerprint density at radius 3 is 2.00 bits per heavy atom. The Balaban J connectivity index is 1.42. The molecule has 3 heterocycles. The maximum atomic E-state index is 2.56. The fraction of sp³-hybridized carbons (Fsp3) is 0.214. The van der Waals surface area contributed by atoms with E-state index in [1.54, 1.807) is 0 Å². The molecule has 1 aliphatic carbocycles. The van der Waals surface area contributed by atoms with Crippen LogP contribution in [0.1, 0.15) is 58.2 Å². The number of allylic oxidation sites excluding steroid dienone is 2. The molecule has 3 aliphatic rings. The third kappa shape index (κ3) is 3.80. The molecule has 0 amide bonds. The normalized spacial score (nSPS) is 17.2. The van der Waals surface area contributed by atoms with Crippen LogP contribution >= 0.6 is 0 Å². The zero-order valence-corrected chi connectivity index (χ0v) is 26.9. The molecule has 6 aromatic rings. The Kier molecular flexibility index (Phi) is 5.21. The fourth-order valence-electron chi connectivity index (χ4n) is 7.62. The number of aromatic nitrogens is 1. The second kappa shape index (κ2) is 8.85. The molecule has 1 atom stereocenters. The Labute approximate surface area is 265 Å². The van der Waals surface area contributed by atoms with Crippen molar-refractivity contribution in [1.82, 2.24) is 9.25 Å². The molecule has 0 N–H and O–H groups in total. The van der Waals surface area contributed by atoms with E-state index < -0.39 is 0 Å². The smallest absolute Gasteiger partial charge is 0.237 e. The first-order chi connectivity index (χ1) is 21.6. The average Bonchev–Trinajstić information content (AvgIpc) is 3.45. The number of hydrogen-bond acceptors (Lipinski definition) is 1. The summed E-state index contributed by atoms with van der Waals surface area (Å²) in [6.07, 6.45) is 9.17. The number of hydrogen-bond donors (Lipinski definition) is 0. The lowest BCUT2D eigenvalue weighted by Crippen LogP contribution is -2.53. The molecule has 220 valence electrons. The maximum absolute atomic E-state index is 2.56. The first-order valence-electron chi connectivity index (χ1n) is 16.1. The highest BCUT2D eigenvalue weighted by Crippen LogP contribution is 2.49. The van der Waals surface area contributed by atoms with Crippen molar-refractivity contribution in [1.29, 1.82) is 0 Å².